The number of nitrogens with zero attached hydrogens (tertiary/aromatic N) is 2. The molecule has 0 spiro atoms. The fourth-order valence-corrected chi connectivity index (χ4v) is 2.80. The molecule has 1 aromatic heterocycles. The molecule has 0 bridgehead atoms. The van der Waals surface area contributed by atoms with Gasteiger partial charge < -0.3 is 4.74 Å². The normalized spacial score (nSPS) is 17.6. The smallest absolute Gasteiger partial charge is 0.326 e. The lowest BCUT2D eigenvalue weighted by Gasteiger charge is -2.28. The maximum Gasteiger partial charge on any atom is 0.326 e. The van der Waals surface area contributed by atoms with E-state index in [0.717, 1.165) is 18.5 Å². The van der Waals surface area contributed by atoms with Crippen LogP contribution in [0.25, 0.3) is 0 Å². The minimum atomic E-state index is -0.686. The van der Waals surface area contributed by atoms with E-state index in [4.69, 9.17) is 4.74 Å². The van der Waals surface area contributed by atoms with Crippen LogP contribution in [0.15, 0.2) is 17.4 Å². The number of hydrogen-bond donors (Lipinski definition) is 1. The number of nitrogens with one attached hydrogen (secondary N) is 1. The first kappa shape index (κ1) is 15.3. The predicted molar refractivity (Wildman–Crippen MR) is 78.7 cm³/mol. The second-order valence-electron chi connectivity index (χ2n) is 5.24. The largest absolute Gasteiger partial charge is 0.465 e. The quantitative estimate of drug-likeness (QED) is 0.471. The highest BCUT2D eigenvalue weighted by Crippen LogP contribution is 2.27. The Balaban J connectivity index is 2.01. The monoisotopic (exact) mass is 295 g/mol. The maximum atomic E-state index is 12.2. The van der Waals surface area contributed by atoms with Crippen molar-refractivity contribution in [3.05, 3.63) is 18.0 Å². The average molecular weight is 295 g/mol. The Morgan fingerprint density at radius 1 is 1.60 bits per heavy atom. The van der Waals surface area contributed by atoms with Gasteiger partial charge in [0.05, 0.1) is 6.61 Å². The van der Waals surface area contributed by atoms with Gasteiger partial charge in [0.2, 0.25) is 0 Å². The van der Waals surface area contributed by atoms with Crippen molar-refractivity contribution in [2.24, 2.45) is 0 Å². The van der Waals surface area contributed by atoms with E-state index in [1.807, 2.05) is 26.8 Å². The number of ether oxygens (including phenoxy) is 1. The summed E-state index contributed by atoms with van der Waals surface area (Å²) in [6, 6.07) is 2.29. The second-order valence-corrected chi connectivity index (χ2v) is 6.18. The summed E-state index contributed by atoms with van der Waals surface area (Å²) in [6.07, 6.45) is 3.99. The van der Waals surface area contributed by atoms with Crippen LogP contribution in [0.2, 0.25) is 0 Å². The molecule has 0 aromatic carbocycles. The van der Waals surface area contributed by atoms with Gasteiger partial charge in [0.25, 0.3) is 0 Å². The van der Waals surface area contributed by atoms with E-state index >= 15 is 0 Å². The standard InChI is InChI=1S/C14H21N3O2S/c1-4-19-12(18)14(3,17-11-5-6-11)9-20-13-15-8-7-10(2)16-13/h7-8,11,17H,4-6,9H2,1-3H3. The molecule has 110 valence electrons. The molecule has 1 aromatic rings. The lowest BCUT2D eigenvalue weighted by Crippen LogP contribution is -2.53. The van der Waals surface area contributed by atoms with E-state index in [9.17, 15) is 4.79 Å². The first-order valence-corrected chi connectivity index (χ1v) is 7.89. The lowest BCUT2D eigenvalue weighted by molar-refractivity contribution is -0.149. The van der Waals surface area contributed by atoms with Crippen molar-refractivity contribution in [3.63, 3.8) is 0 Å². The highest BCUT2D eigenvalue weighted by atomic mass is 32.2. The van der Waals surface area contributed by atoms with Crippen molar-refractivity contribution in [2.45, 2.75) is 50.4 Å². The molecule has 1 unspecified atom stereocenters. The van der Waals surface area contributed by atoms with Crippen molar-refractivity contribution in [1.82, 2.24) is 15.3 Å². The fourth-order valence-electron chi connectivity index (χ4n) is 1.83. The Kier molecular flexibility index (Phi) is 4.99. The molecule has 0 saturated heterocycles. The summed E-state index contributed by atoms with van der Waals surface area (Å²) in [4.78, 5) is 20.7. The topological polar surface area (TPSA) is 64.1 Å². The van der Waals surface area contributed by atoms with Gasteiger partial charge in [-0.3, -0.25) is 10.1 Å². The van der Waals surface area contributed by atoms with Crippen LogP contribution in [-0.2, 0) is 9.53 Å². The summed E-state index contributed by atoms with van der Waals surface area (Å²) >= 11 is 1.48. The summed E-state index contributed by atoms with van der Waals surface area (Å²) < 4.78 is 5.19. The first-order chi connectivity index (χ1) is 9.53. The zero-order valence-electron chi connectivity index (χ0n) is 12.2. The Morgan fingerprint density at radius 2 is 2.35 bits per heavy atom. The van der Waals surface area contributed by atoms with E-state index in [2.05, 4.69) is 15.3 Å². The number of carbonyl (C=O) groups excluding carboxylic acids is 1. The third-order valence-corrected chi connectivity index (χ3v) is 4.27. The molecular weight excluding hydrogens is 274 g/mol. The molecule has 6 heteroatoms. The Hall–Kier alpha value is -1.14. The van der Waals surface area contributed by atoms with Crippen LogP contribution in [-0.4, -0.2) is 39.9 Å². The second kappa shape index (κ2) is 6.54. The van der Waals surface area contributed by atoms with Gasteiger partial charge in [-0.05, 0) is 39.7 Å². The van der Waals surface area contributed by atoms with Gasteiger partial charge in [-0.15, -0.1) is 0 Å². The highest BCUT2D eigenvalue weighted by molar-refractivity contribution is 7.99. The zero-order chi connectivity index (χ0) is 14.6. The fraction of sp³-hybridized carbons (Fsp3) is 0.643. The number of aromatic nitrogens is 2. The summed E-state index contributed by atoms with van der Waals surface area (Å²) in [6.45, 7) is 6.05. The predicted octanol–water partition coefficient (Wildman–Crippen LogP) is 1.95. The van der Waals surface area contributed by atoms with Crippen molar-refractivity contribution >= 4 is 17.7 Å². The van der Waals surface area contributed by atoms with Gasteiger partial charge in [0.1, 0.15) is 5.54 Å². The van der Waals surface area contributed by atoms with Crippen LogP contribution >= 0.6 is 11.8 Å². The molecule has 1 heterocycles. The van der Waals surface area contributed by atoms with E-state index < -0.39 is 5.54 Å². The van der Waals surface area contributed by atoms with E-state index in [1.54, 1.807) is 6.20 Å². The molecule has 1 aliphatic rings. The van der Waals surface area contributed by atoms with Gasteiger partial charge >= 0.3 is 5.97 Å². The number of rotatable bonds is 7. The summed E-state index contributed by atoms with van der Waals surface area (Å²) in [5.74, 6) is 0.359. The molecular formula is C14H21N3O2S. The van der Waals surface area contributed by atoms with Crippen molar-refractivity contribution < 1.29 is 9.53 Å². The first-order valence-electron chi connectivity index (χ1n) is 6.91. The molecule has 1 N–H and O–H groups in total. The number of hydrogen-bond acceptors (Lipinski definition) is 6. The van der Waals surface area contributed by atoms with Gasteiger partial charge in [0.15, 0.2) is 5.16 Å². The summed E-state index contributed by atoms with van der Waals surface area (Å²) in [7, 11) is 0. The van der Waals surface area contributed by atoms with Crippen LogP contribution in [0.5, 0.6) is 0 Å². The van der Waals surface area contributed by atoms with E-state index in [-0.39, 0.29) is 5.97 Å². The Labute approximate surface area is 123 Å². The minimum Gasteiger partial charge on any atom is -0.465 e. The molecule has 0 radical (unpaired) electrons. The highest BCUT2D eigenvalue weighted by Gasteiger charge is 2.39. The van der Waals surface area contributed by atoms with Gasteiger partial charge in [-0.1, -0.05) is 11.8 Å². The minimum absolute atomic E-state index is 0.202. The van der Waals surface area contributed by atoms with Crippen LogP contribution in [0.4, 0.5) is 0 Å². The SMILES string of the molecule is CCOC(=O)C(C)(CSc1nccc(C)n1)NC1CC1. The van der Waals surface area contributed by atoms with Crippen LogP contribution in [0, 0.1) is 6.92 Å². The molecule has 1 aliphatic carbocycles. The molecule has 1 saturated carbocycles. The molecule has 0 amide bonds. The number of thioether (sulfide) groups is 1. The van der Waals surface area contributed by atoms with Gasteiger partial charge in [-0.2, -0.15) is 0 Å². The van der Waals surface area contributed by atoms with Gasteiger partial charge in [-0.25, -0.2) is 9.97 Å². The van der Waals surface area contributed by atoms with Crippen LogP contribution in [0.3, 0.4) is 0 Å². The van der Waals surface area contributed by atoms with Crippen LogP contribution in [0.1, 0.15) is 32.4 Å². The Bertz CT molecular complexity index is 479. The molecule has 20 heavy (non-hydrogen) atoms. The molecule has 2 rings (SSSR count). The number of esters is 1. The van der Waals surface area contributed by atoms with Crippen LogP contribution < -0.4 is 5.32 Å². The summed E-state index contributed by atoms with van der Waals surface area (Å²) in [5.41, 5.74) is 0.241. The average Bonchev–Trinajstić information content (AvgIpc) is 3.21. The zero-order valence-corrected chi connectivity index (χ0v) is 13.0. The molecule has 1 atom stereocenters. The third kappa shape index (κ3) is 4.18. The van der Waals surface area contributed by atoms with Crippen molar-refractivity contribution in [2.75, 3.05) is 12.4 Å². The van der Waals surface area contributed by atoms with Crippen molar-refractivity contribution in [1.29, 1.82) is 0 Å². The van der Waals surface area contributed by atoms with Crippen molar-refractivity contribution in [3.8, 4) is 0 Å². The maximum absolute atomic E-state index is 12.2. The molecule has 1 fully saturated rings. The third-order valence-electron chi connectivity index (χ3n) is 3.09. The number of aryl methyl sites for hydroxylation is 1. The molecule has 5 nitrogen and oxygen atoms in total. The lowest BCUT2D eigenvalue weighted by atomic mass is 10.1. The Morgan fingerprint density at radius 3 is 2.95 bits per heavy atom. The van der Waals surface area contributed by atoms with E-state index in [0.29, 0.717) is 23.6 Å². The summed E-state index contributed by atoms with van der Waals surface area (Å²) in [5, 5.41) is 4.08. The molecule has 0 aliphatic heterocycles. The number of carbonyl (C=O) groups is 1. The van der Waals surface area contributed by atoms with E-state index in [1.165, 1.54) is 11.8 Å². The van der Waals surface area contributed by atoms with Gasteiger partial charge in [0, 0.05) is 23.7 Å².